The molecule has 138 valence electrons. The van der Waals surface area contributed by atoms with Crippen molar-refractivity contribution in [1.82, 2.24) is 15.2 Å². The fraction of sp³-hybridized carbons (Fsp3) is 0.400. The first-order valence-electron chi connectivity index (χ1n) is 8.90. The van der Waals surface area contributed by atoms with E-state index in [0.717, 1.165) is 30.2 Å². The van der Waals surface area contributed by atoms with Gasteiger partial charge in [0.25, 0.3) is 0 Å². The van der Waals surface area contributed by atoms with E-state index in [1.165, 1.54) is 23.0 Å². The molecule has 0 bridgehead atoms. The Hall–Kier alpha value is -2.02. The van der Waals surface area contributed by atoms with Crippen LogP contribution in [-0.2, 0) is 22.6 Å². The van der Waals surface area contributed by atoms with E-state index in [-0.39, 0.29) is 18.1 Å². The van der Waals surface area contributed by atoms with Gasteiger partial charge in [0.1, 0.15) is 5.01 Å². The van der Waals surface area contributed by atoms with Crippen LogP contribution in [0.15, 0.2) is 41.9 Å². The van der Waals surface area contributed by atoms with E-state index in [1.54, 1.807) is 12.3 Å². The molecule has 6 heteroatoms. The van der Waals surface area contributed by atoms with Crippen LogP contribution in [0.1, 0.15) is 30.0 Å². The Kier molecular flexibility index (Phi) is 6.55. The van der Waals surface area contributed by atoms with E-state index in [9.17, 15) is 4.79 Å². The maximum atomic E-state index is 12.1. The zero-order valence-corrected chi connectivity index (χ0v) is 16.0. The monoisotopic (exact) mass is 371 g/mol. The summed E-state index contributed by atoms with van der Waals surface area (Å²) >= 11 is 1.51. The molecule has 2 aromatic rings. The number of morpholine rings is 1. The lowest BCUT2D eigenvalue weighted by Gasteiger charge is -2.35. The molecule has 1 aliphatic rings. The molecule has 1 N–H and O–H groups in total. The molecule has 0 unspecified atom stereocenters. The normalized spacial score (nSPS) is 21.2. The fourth-order valence-electron chi connectivity index (χ4n) is 3.24. The van der Waals surface area contributed by atoms with Crippen LogP contribution in [0.3, 0.4) is 0 Å². The number of amides is 1. The number of hydrogen-bond donors (Lipinski definition) is 1. The number of hydrogen-bond acceptors (Lipinski definition) is 5. The minimum absolute atomic E-state index is 0.108. The molecule has 1 aliphatic heterocycles. The molecule has 0 spiro atoms. The molecule has 3 rings (SSSR count). The Bertz CT molecular complexity index is 735. The van der Waals surface area contributed by atoms with Crippen LogP contribution >= 0.6 is 11.3 Å². The summed E-state index contributed by atoms with van der Waals surface area (Å²) in [5.41, 5.74) is 2.40. The van der Waals surface area contributed by atoms with E-state index in [0.29, 0.717) is 6.54 Å². The largest absolute Gasteiger partial charge is 0.373 e. The SMILES string of the molecule is C[C@@H]1CN(Cc2ccccc2CNC(=O)/C=C\c2nccs2)C[C@@H](C)O1. The van der Waals surface area contributed by atoms with Gasteiger partial charge in [0.15, 0.2) is 0 Å². The summed E-state index contributed by atoms with van der Waals surface area (Å²) in [5, 5.41) is 5.68. The number of carbonyl (C=O) groups is 1. The molecule has 1 amide bonds. The highest BCUT2D eigenvalue weighted by molar-refractivity contribution is 7.10. The van der Waals surface area contributed by atoms with Crippen LogP contribution in [0.25, 0.3) is 6.08 Å². The lowest BCUT2D eigenvalue weighted by Crippen LogP contribution is -2.45. The number of carbonyl (C=O) groups excluding carboxylic acids is 1. The Labute approximate surface area is 158 Å². The Morgan fingerprint density at radius 3 is 2.73 bits per heavy atom. The van der Waals surface area contributed by atoms with Gasteiger partial charge in [-0.3, -0.25) is 9.69 Å². The number of thiazole rings is 1. The maximum absolute atomic E-state index is 12.1. The number of nitrogens with zero attached hydrogens (tertiary/aromatic N) is 2. The first-order valence-corrected chi connectivity index (χ1v) is 9.78. The standard InChI is InChI=1S/C20H25N3O2S/c1-15-12-23(13-16(2)25-15)14-18-6-4-3-5-17(18)11-22-19(24)7-8-20-21-9-10-26-20/h3-10,15-16H,11-14H2,1-2H3,(H,22,24)/b8-7-/t15-,16-/m1/s1. The third-order valence-corrected chi connectivity index (χ3v) is 5.03. The predicted octanol–water partition coefficient (Wildman–Crippen LogP) is 3.08. The second kappa shape index (κ2) is 9.07. The van der Waals surface area contributed by atoms with Gasteiger partial charge in [-0.25, -0.2) is 4.98 Å². The summed E-state index contributed by atoms with van der Waals surface area (Å²) in [4.78, 5) is 18.6. The van der Waals surface area contributed by atoms with E-state index >= 15 is 0 Å². The number of ether oxygens (including phenoxy) is 1. The number of benzene rings is 1. The van der Waals surface area contributed by atoms with Crippen molar-refractivity contribution in [2.24, 2.45) is 0 Å². The van der Waals surface area contributed by atoms with Crippen LogP contribution in [0, 0.1) is 0 Å². The molecule has 2 heterocycles. The lowest BCUT2D eigenvalue weighted by atomic mass is 10.1. The molecule has 1 aromatic carbocycles. The number of nitrogens with one attached hydrogen (secondary N) is 1. The van der Waals surface area contributed by atoms with Gasteiger partial charge in [-0.15, -0.1) is 11.3 Å². The van der Waals surface area contributed by atoms with Crippen LogP contribution in [-0.4, -0.2) is 41.1 Å². The minimum Gasteiger partial charge on any atom is -0.373 e. The highest BCUT2D eigenvalue weighted by Crippen LogP contribution is 2.17. The topological polar surface area (TPSA) is 54.5 Å². The van der Waals surface area contributed by atoms with Crippen molar-refractivity contribution < 1.29 is 9.53 Å². The van der Waals surface area contributed by atoms with Crippen molar-refractivity contribution >= 4 is 23.3 Å². The molecule has 1 aromatic heterocycles. The van der Waals surface area contributed by atoms with Gasteiger partial charge in [0, 0.05) is 43.8 Å². The second-order valence-corrected chi connectivity index (χ2v) is 7.57. The van der Waals surface area contributed by atoms with Crippen molar-refractivity contribution in [1.29, 1.82) is 0 Å². The van der Waals surface area contributed by atoms with Gasteiger partial charge in [-0.2, -0.15) is 0 Å². The molecular formula is C20H25N3O2S. The molecule has 0 aliphatic carbocycles. The van der Waals surface area contributed by atoms with Crippen molar-refractivity contribution in [2.45, 2.75) is 39.1 Å². The van der Waals surface area contributed by atoms with Gasteiger partial charge >= 0.3 is 0 Å². The van der Waals surface area contributed by atoms with Crippen molar-refractivity contribution in [3.8, 4) is 0 Å². The first kappa shape index (κ1) is 18.8. The van der Waals surface area contributed by atoms with Gasteiger partial charge in [0.2, 0.25) is 5.91 Å². The summed E-state index contributed by atoms with van der Waals surface area (Å²) in [6, 6.07) is 8.28. The minimum atomic E-state index is -0.108. The average Bonchev–Trinajstić information content (AvgIpc) is 3.12. The number of aromatic nitrogens is 1. The zero-order chi connectivity index (χ0) is 18.4. The molecule has 5 nitrogen and oxygen atoms in total. The highest BCUT2D eigenvalue weighted by Gasteiger charge is 2.22. The molecule has 1 fully saturated rings. The smallest absolute Gasteiger partial charge is 0.244 e. The third kappa shape index (κ3) is 5.49. The molecule has 1 saturated heterocycles. The zero-order valence-electron chi connectivity index (χ0n) is 15.2. The Balaban J connectivity index is 1.57. The maximum Gasteiger partial charge on any atom is 0.244 e. The van der Waals surface area contributed by atoms with Crippen molar-refractivity contribution in [2.75, 3.05) is 13.1 Å². The van der Waals surface area contributed by atoms with Crippen LogP contribution < -0.4 is 5.32 Å². The lowest BCUT2D eigenvalue weighted by molar-refractivity contribution is -0.116. The van der Waals surface area contributed by atoms with Gasteiger partial charge in [-0.05, 0) is 31.1 Å². The van der Waals surface area contributed by atoms with E-state index in [2.05, 4.69) is 47.2 Å². The van der Waals surface area contributed by atoms with E-state index in [1.807, 2.05) is 11.4 Å². The summed E-state index contributed by atoms with van der Waals surface area (Å²) in [5.74, 6) is -0.108. The summed E-state index contributed by atoms with van der Waals surface area (Å²) in [6.45, 7) is 7.49. The summed E-state index contributed by atoms with van der Waals surface area (Å²) < 4.78 is 5.81. The van der Waals surface area contributed by atoms with Gasteiger partial charge < -0.3 is 10.1 Å². The quantitative estimate of drug-likeness (QED) is 0.793. The van der Waals surface area contributed by atoms with Crippen LogP contribution in [0.2, 0.25) is 0 Å². The Morgan fingerprint density at radius 1 is 1.31 bits per heavy atom. The summed E-state index contributed by atoms with van der Waals surface area (Å²) in [6.07, 6.45) is 5.50. The Morgan fingerprint density at radius 2 is 2.04 bits per heavy atom. The molecule has 26 heavy (non-hydrogen) atoms. The highest BCUT2D eigenvalue weighted by atomic mass is 32.1. The van der Waals surface area contributed by atoms with E-state index < -0.39 is 0 Å². The molecule has 0 saturated carbocycles. The summed E-state index contributed by atoms with van der Waals surface area (Å²) in [7, 11) is 0. The second-order valence-electron chi connectivity index (χ2n) is 6.64. The van der Waals surface area contributed by atoms with Crippen LogP contribution in [0.5, 0.6) is 0 Å². The molecular weight excluding hydrogens is 346 g/mol. The van der Waals surface area contributed by atoms with Gasteiger partial charge in [0.05, 0.1) is 12.2 Å². The van der Waals surface area contributed by atoms with Gasteiger partial charge in [-0.1, -0.05) is 24.3 Å². The fourth-order valence-corrected chi connectivity index (χ4v) is 3.77. The number of rotatable bonds is 6. The van der Waals surface area contributed by atoms with Crippen LogP contribution in [0.4, 0.5) is 0 Å². The molecule has 0 radical (unpaired) electrons. The first-order chi connectivity index (χ1) is 12.6. The van der Waals surface area contributed by atoms with E-state index in [4.69, 9.17) is 4.74 Å². The van der Waals surface area contributed by atoms with Crippen molar-refractivity contribution in [3.05, 3.63) is 58.1 Å². The van der Waals surface area contributed by atoms with Crippen molar-refractivity contribution in [3.63, 3.8) is 0 Å². The average molecular weight is 372 g/mol. The predicted molar refractivity (Wildman–Crippen MR) is 105 cm³/mol. The third-order valence-electron chi connectivity index (χ3n) is 4.29. The molecule has 2 atom stereocenters.